The second-order valence-electron chi connectivity index (χ2n) is 7.83. The van der Waals surface area contributed by atoms with Crippen molar-refractivity contribution in [1.29, 1.82) is 0 Å². The largest absolute Gasteiger partial charge is 0.506 e. The van der Waals surface area contributed by atoms with Crippen LogP contribution in [-0.2, 0) is 6.54 Å². The number of carbonyl (C=O) groups excluding carboxylic acids is 1. The maximum absolute atomic E-state index is 12.3. The molecule has 6 heteroatoms. The number of hydrazone groups is 1. The minimum Gasteiger partial charge on any atom is -0.506 e. The van der Waals surface area contributed by atoms with Crippen LogP contribution < -0.4 is 11.2 Å². The Labute approximate surface area is 190 Å². The minimum atomic E-state index is -0.404. The lowest BCUT2D eigenvalue weighted by Crippen LogP contribution is -2.17. The van der Waals surface area contributed by atoms with Crippen LogP contribution in [0.15, 0.2) is 96.2 Å². The third-order valence-electron chi connectivity index (χ3n) is 5.73. The Balaban J connectivity index is 1.38. The summed E-state index contributed by atoms with van der Waals surface area (Å²) in [6.07, 6.45) is 3.70. The van der Waals surface area contributed by atoms with E-state index in [0.29, 0.717) is 5.56 Å². The van der Waals surface area contributed by atoms with Crippen LogP contribution in [0.25, 0.3) is 21.7 Å². The Hall–Kier alpha value is -4.58. The molecule has 1 amide bonds. The number of nitrogen functional groups attached to an aromatic ring is 1. The van der Waals surface area contributed by atoms with Crippen molar-refractivity contribution in [2.45, 2.75) is 6.54 Å². The molecular formula is C27H22N4O2. The minimum absolute atomic E-state index is 0.0604. The number of phenols is 1. The molecule has 0 radical (unpaired) electrons. The molecule has 6 nitrogen and oxygen atoms in total. The average Bonchev–Trinajstić information content (AvgIpc) is 3.24. The molecule has 0 spiro atoms. The van der Waals surface area contributed by atoms with Gasteiger partial charge in [0, 0.05) is 34.8 Å². The zero-order valence-corrected chi connectivity index (χ0v) is 17.8. The normalized spacial score (nSPS) is 11.4. The van der Waals surface area contributed by atoms with Crippen molar-refractivity contribution < 1.29 is 9.90 Å². The molecule has 0 bridgehead atoms. The van der Waals surface area contributed by atoms with E-state index < -0.39 is 5.91 Å². The van der Waals surface area contributed by atoms with Crippen molar-refractivity contribution in [2.24, 2.45) is 5.10 Å². The highest BCUT2D eigenvalue weighted by Gasteiger charge is 2.09. The van der Waals surface area contributed by atoms with Crippen LogP contribution in [0.1, 0.15) is 21.5 Å². The molecule has 1 aromatic heterocycles. The van der Waals surface area contributed by atoms with Gasteiger partial charge in [0.2, 0.25) is 0 Å². The number of nitrogens with two attached hydrogens (primary N) is 1. The highest BCUT2D eigenvalue weighted by molar-refractivity contribution is 6.00. The molecule has 0 atom stereocenters. The van der Waals surface area contributed by atoms with Crippen LogP contribution >= 0.6 is 0 Å². The first kappa shape index (κ1) is 20.3. The number of carbonyl (C=O) groups is 1. The van der Waals surface area contributed by atoms with E-state index in [0.717, 1.165) is 23.0 Å². The second-order valence-corrected chi connectivity index (χ2v) is 7.83. The Bertz CT molecular complexity index is 1510. The molecule has 0 aliphatic rings. The summed E-state index contributed by atoms with van der Waals surface area (Å²) in [5.41, 5.74) is 11.9. The zero-order chi connectivity index (χ0) is 22.8. The fourth-order valence-corrected chi connectivity index (χ4v) is 4.03. The van der Waals surface area contributed by atoms with Crippen LogP contribution in [0.5, 0.6) is 5.75 Å². The van der Waals surface area contributed by atoms with Crippen LogP contribution in [0.2, 0.25) is 0 Å². The second kappa shape index (κ2) is 8.51. The van der Waals surface area contributed by atoms with Gasteiger partial charge in [-0.25, -0.2) is 5.43 Å². The van der Waals surface area contributed by atoms with Crippen molar-refractivity contribution in [2.75, 3.05) is 5.73 Å². The molecule has 1 heterocycles. The Morgan fingerprint density at radius 3 is 2.67 bits per heavy atom. The summed E-state index contributed by atoms with van der Waals surface area (Å²) < 4.78 is 2.21. The molecule has 0 fully saturated rings. The van der Waals surface area contributed by atoms with Gasteiger partial charge in [-0.1, -0.05) is 54.6 Å². The summed E-state index contributed by atoms with van der Waals surface area (Å²) in [4.78, 5) is 12.3. The number of anilines is 1. The first-order valence-electron chi connectivity index (χ1n) is 10.6. The Morgan fingerprint density at radius 2 is 1.79 bits per heavy atom. The van der Waals surface area contributed by atoms with Crippen molar-refractivity contribution in [3.8, 4) is 5.75 Å². The predicted molar refractivity (Wildman–Crippen MR) is 133 cm³/mol. The Kier molecular flexibility index (Phi) is 5.24. The predicted octanol–water partition coefficient (Wildman–Crippen LogP) is 4.89. The summed E-state index contributed by atoms with van der Waals surface area (Å²) in [5, 5.41) is 17.1. The highest BCUT2D eigenvalue weighted by atomic mass is 16.3. The van der Waals surface area contributed by atoms with Gasteiger partial charge < -0.3 is 15.4 Å². The number of hydrogen-bond donors (Lipinski definition) is 3. The standard InChI is InChI=1S/C27H22N4O2/c28-24-15-19(11-12-26(24)32)27(33)30-29-16-20-7-4-10-25-23(20)13-14-31(25)17-21-8-3-6-18-5-1-2-9-22(18)21/h1-16,32H,17,28H2,(H,30,33)/b29-16+. The maximum Gasteiger partial charge on any atom is 0.271 e. The summed E-state index contributed by atoms with van der Waals surface area (Å²) in [5.74, 6) is -0.464. The fraction of sp³-hybridized carbons (Fsp3) is 0.0370. The molecule has 162 valence electrons. The van der Waals surface area contributed by atoms with Crippen LogP contribution in [0, 0.1) is 0 Å². The molecule has 0 saturated carbocycles. The maximum atomic E-state index is 12.3. The van der Waals surface area contributed by atoms with E-state index in [-0.39, 0.29) is 11.4 Å². The van der Waals surface area contributed by atoms with Crippen molar-refractivity contribution in [3.05, 3.63) is 108 Å². The molecular weight excluding hydrogens is 412 g/mol. The van der Waals surface area contributed by atoms with Gasteiger partial charge in [-0.2, -0.15) is 5.10 Å². The van der Waals surface area contributed by atoms with Gasteiger partial charge >= 0.3 is 0 Å². The quantitative estimate of drug-likeness (QED) is 0.159. The lowest BCUT2D eigenvalue weighted by atomic mass is 10.0. The first-order chi connectivity index (χ1) is 16.1. The van der Waals surface area contributed by atoms with Crippen molar-refractivity contribution in [1.82, 2.24) is 9.99 Å². The van der Waals surface area contributed by atoms with E-state index in [4.69, 9.17) is 5.73 Å². The molecule has 0 aliphatic carbocycles. The molecule has 0 unspecified atom stereocenters. The zero-order valence-electron chi connectivity index (χ0n) is 17.8. The van der Waals surface area contributed by atoms with Gasteiger partial charge in [0.1, 0.15) is 5.75 Å². The number of benzene rings is 4. The number of fused-ring (bicyclic) bond motifs is 2. The monoisotopic (exact) mass is 434 g/mol. The molecule has 4 aromatic carbocycles. The highest BCUT2D eigenvalue weighted by Crippen LogP contribution is 2.24. The van der Waals surface area contributed by atoms with Gasteiger partial charge in [0.15, 0.2) is 0 Å². The van der Waals surface area contributed by atoms with E-state index in [2.05, 4.69) is 75.9 Å². The summed E-state index contributed by atoms with van der Waals surface area (Å²) >= 11 is 0. The molecule has 0 saturated heterocycles. The van der Waals surface area contributed by atoms with Gasteiger partial charge in [-0.15, -0.1) is 0 Å². The van der Waals surface area contributed by atoms with Crippen molar-refractivity contribution >= 4 is 39.5 Å². The van der Waals surface area contributed by atoms with Crippen molar-refractivity contribution in [3.63, 3.8) is 0 Å². The third kappa shape index (κ3) is 4.02. The molecule has 0 aliphatic heterocycles. The number of amides is 1. The first-order valence-corrected chi connectivity index (χ1v) is 10.6. The number of aromatic nitrogens is 1. The van der Waals surface area contributed by atoms with Crippen LogP contribution in [0.3, 0.4) is 0 Å². The van der Waals surface area contributed by atoms with E-state index in [1.165, 1.54) is 34.5 Å². The number of phenolic OH excluding ortho intramolecular Hbond substituents is 1. The van der Waals surface area contributed by atoms with Gasteiger partial charge in [0.25, 0.3) is 5.91 Å². The van der Waals surface area contributed by atoms with Gasteiger partial charge in [-0.3, -0.25) is 4.79 Å². The summed E-state index contributed by atoms with van der Waals surface area (Å²) in [7, 11) is 0. The number of hydrogen-bond acceptors (Lipinski definition) is 4. The lowest BCUT2D eigenvalue weighted by molar-refractivity contribution is 0.0955. The number of aromatic hydroxyl groups is 1. The van der Waals surface area contributed by atoms with Gasteiger partial charge in [-0.05, 0) is 46.7 Å². The third-order valence-corrected chi connectivity index (χ3v) is 5.73. The fourth-order valence-electron chi connectivity index (χ4n) is 4.03. The molecule has 33 heavy (non-hydrogen) atoms. The molecule has 5 aromatic rings. The van der Waals surface area contributed by atoms with E-state index in [1.807, 2.05) is 12.1 Å². The number of nitrogens with one attached hydrogen (secondary N) is 1. The van der Waals surface area contributed by atoms with E-state index in [1.54, 1.807) is 6.21 Å². The lowest BCUT2D eigenvalue weighted by Gasteiger charge is -2.09. The molecule has 5 rings (SSSR count). The van der Waals surface area contributed by atoms with Crippen LogP contribution in [0.4, 0.5) is 5.69 Å². The number of rotatable bonds is 5. The summed E-state index contributed by atoms with van der Waals surface area (Å²) in [6, 6.07) is 27.1. The average molecular weight is 434 g/mol. The van der Waals surface area contributed by atoms with E-state index in [9.17, 15) is 9.90 Å². The number of nitrogens with zero attached hydrogens (tertiary/aromatic N) is 2. The van der Waals surface area contributed by atoms with E-state index >= 15 is 0 Å². The van der Waals surface area contributed by atoms with Gasteiger partial charge in [0.05, 0.1) is 11.9 Å². The smallest absolute Gasteiger partial charge is 0.271 e. The molecule has 4 N–H and O–H groups in total. The Morgan fingerprint density at radius 1 is 0.970 bits per heavy atom. The van der Waals surface area contributed by atoms with Crippen LogP contribution in [-0.4, -0.2) is 21.8 Å². The topological polar surface area (TPSA) is 92.6 Å². The summed E-state index contributed by atoms with van der Waals surface area (Å²) in [6.45, 7) is 0.754. The SMILES string of the molecule is Nc1cc(C(=O)N/N=C/c2cccc3c2ccn3Cc2cccc3ccccc23)ccc1O.